The maximum absolute atomic E-state index is 12.2. The van der Waals surface area contributed by atoms with E-state index in [1.54, 1.807) is 5.32 Å². The standard InChI is InChI=1S/C9H6Cl2F3NO3S/c10-5-1-3(7(11)19-5)4(2-6(16)17)15-8(18)9(12,13)14/h1,4H,2H2,(H,15,18)(H,16,17). The zero-order chi connectivity index (χ0) is 14.8. The molecule has 0 aliphatic rings. The Labute approximate surface area is 119 Å². The number of hydrogen-bond acceptors (Lipinski definition) is 3. The molecule has 0 aromatic carbocycles. The van der Waals surface area contributed by atoms with Crippen molar-refractivity contribution in [2.75, 3.05) is 0 Å². The summed E-state index contributed by atoms with van der Waals surface area (Å²) in [5, 5.41) is 10.2. The van der Waals surface area contributed by atoms with E-state index in [0.717, 1.165) is 11.3 Å². The predicted molar refractivity (Wildman–Crippen MR) is 63.5 cm³/mol. The molecule has 0 aliphatic carbocycles. The van der Waals surface area contributed by atoms with Crippen molar-refractivity contribution in [2.45, 2.75) is 18.6 Å². The fourth-order valence-electron chi connectivity index (χ4n) is 1.24. The summed E-state index contributed by atoms with van der Waals surface area (Å²) in [6.07, 6.45) is -5.85. The third-order valence-electron chi connectivity index (χ3n) is 2.00. The van der Waals surface area contributed by atoms with E-state index in [0.29, 0.717) is 0 Å². The van der Waals surface area contributed by atoms with Crippen LogP contribution in [0.15, 0.2) is 6.07 Å². The number of carbonyl (C=O) groups excluding carboxylic acids is 1. The van der Waals surface area contributed by atoms with Crippen LogP contribution in [0.25, 0.3) is 0 Å². The number of carbonyl (C=O) groups is 2. The van der Waals surface area contributed by atoms with Crippen LogP contribution in [0.4, 0.5) is 13.2 Å². The minimum Gasteiger partial charge on any atom is -0.481 e. The minimum absolute atomic E-state index is 0.0266. The van der Waals surface area contributed by atoms with E-state index in [1.165, 1.54) is 6.07 Å². The van der Waals surface area contributed by atoms with Crippen LogP contribution in [0, 0.1) is 0 Å². The summed E-state index contributed by atoms with van der Waals surface area (Å²) in [5.41, 5.74) is 0.0386. The second kappa shape index (κ2) is 5.98. The molecule has 1 unspecified atom stereocenters. The van der Waals surface area contributed by atoms with Gasteiger partial charge in [-0.1, -0.05) is 23.2 Å². The van der Waals surface area contributed by atoms with Gasteiger partial charge in [0.25, 0.3) is 0 Å². The van der Waals surface area contributed by atoms with Gasteiger partial charge in [-0.3, -0.25) is 9.59 Å². The molecule has 10 heteroatoms. The van der Waals surface area contributed by atoms with E-state index in [4.69, 9.17) is 28.3 Å². The smallest absolute Gasteiger partial charge is 0.471 e. The molecule has 0 fully saturated rings. The molecule has 0 saturated carbocycles. The molecule has 1 aromatic rings. The van der Waals surface area contributed by atoms with Crippen molar-refractivity contribution >= 4 is 46.4 Å². The Morgan fingerprint density at radius 3 is 2.37 bits per heavy atom. The van der Waals surface area contributed by atoms with Gasteiger partial charge in [0, 0.05) is 5.56 Å². The van der Waals surface area contributed by atoms with Crippen molar-refractivity contribution in [1.82, 2.24) is 5.32 Å². The van der Waals surface area contributed by atoms with Crippen LogP contribution in [0.3, 0.4) is 0 Å². The molecule has 106 valence electrons. The molecule has 0 spiro atoms. The number of rotatable bonds is 4. The maximum atomic E-state index is 12.2. The van der Waals surface area contributed by atoms with Crippen molar-refractivity contribution in [3.8, 4) is 0 Å². The molecule has 1 atom stereocenters. The number of carboxylic acid groups (broad SMARTS) is 1. The Morgan fingerprint density at radius 1 is 1.42 bits per heavy atom. The van der Waals surface area contributed by atoms with Crippen molar-refractivity contribution in [1.29, 1.82) is 0 Å². The van der Waals surface area contributed by atoms with E-state index in [-0.39, 0.29) is 14.2 Å². The van der Waals surface area contributed by atoms with Crippen molar-refractivity contribution < 1.29 is 27.9 Å². The fraction of sp³-hybridized carbons (Fsp3) is 0.333. The third-order valence-corrected chi connectivity index (χ3v) is 3.52. The van der Waals surface area contributed by atoms with Crippen LogP contribution in [0.5, 0.6) is 0 Å². The highest BCUT2D eigenvalue weighted by molar-refractivity contribution is 7.20. The van der Waals surface area contributed by atoms with Crippen molar-refractivity contribution in [2.24, 2.45) is 0 Å². The van der Waals surface area contributed by atoms with Gasteiger partial charge >= 0.3 is 18.1 Å². The van der Waals surface area contributed by atoms with E-state index >= 15 is 0 Å². The Hall–Kier alpha value is -0.990. The lowest BCUT2D eigenvalue weighted by Crippen LogP contribution is -2.39. The van der Waals surface area contributed by atoms with Crippen molar-refractivity contribution in [3.05, 3.63) is 20.3 Å². The molecule has 0 bridgehead atoms. The highest BCUT2D eigenvalue weighted by atomic mass is 35.5. The number of halogens is 5. The molecule has 1 amide bonds. The van der Waals surface area contributed by atoms with Crippen LogP contribution in [-0.2, 0) is 9.59 Å². The lowest BCUT2D eigenvalue weighted by atomic mass is 10.1. The van der Waals surface area contributed by atoms with Crippen LogP contribution >= 0.6 is 34.5 Å². The van der Waals surface area contributed by atoms with Gasteiger partial charge in [-0.05, 0) is 6.07 Å². The monoisotopic (exact) mass is 335 g/mol. The summed E-state index contributed by atoms with van der Waals surface area (Å²) in [6, 6.07) is -0.179. The van der Waals surface area contributed by atoms with E-state index in [9.17, 15) is 22.8 Å². The normalized spacial score (nSPS) is 13.1. The quantitative estimate of drug-likeness (QED) is 0.887. The molecular formula is C9H6Cl2F3NO3S. The van der Waals surface area contributed by atoms with E-state index in [1.807, 2.05) is 0 Å². The third kappa shape index (κ3) is 4.55. The minimum atomic E-state index is -5.11. The molecular weight excluding hydrogens is 330 g/mol. The first-order valence-corrected chi connectivity index (χ1v) is 6.22. The molecule has 1 heterocycles. The van der Waals surface area contributed by atoms with Gasteiger partial charge in [0.05, 0.1) is 21.1 Å². The first-order valence-electron chi connectivity index (χ1n) is 4.65. The number of carboxylic acids is 1. The van der Waals surface area contributed by atoms with Crippen LogP contribution in [0.1, 0.15) is 18.0 Å². The van der Waals surface area contributed by atoms with E-state index < -0.39 is 30.5 Å². The van der Waals surface area contributed by atoms with Gasteiger partial charge in [-0.15, -0.1) is 11.3 Å². The number of hydrogen-bond donors (Lipinski definition) is 2. The highest BCUT2D eigenvalue weighted by Gasteiger charge is 2.40. The molecule has 2 N–H and O–H groups in total. The number of aliphatic carboxylic acids is 1. The lowest BCUT2D eigenvalue weighted by Gasteiger charge is -2.17. The van der Waals surface area contributed by atoms with Crippen LogP contribution in [-0.4, -0.2) is 23.2 Å². The fourth-order valence-corrected chi connectivity index (χ4v) is 2.82. The first-order chi connectivity index (χ1) is 8.61. The Bertz CT molecular complexity index is 503. The Kier molecular flexibility index (Phi) is 5.05. The number of alkyl halides is 3. The Morgan fingerprint density at radius 2 is 2.00 bits per heavy atom. The van der Waals surface area contributed by atoms with Gasteiger partial charge in [-0.25, -0.2) is 0 Å². The number of thiophene rings is 1. The van der Waals surface area contributed by atoms with Crippen LogP contribution < -0.4 is 5.32 Å². The summed E-state index contributed by atoms with van der Waals surface area (Å²) in [7, 11) is 0. The molecule has 1 aromatic heterocycles. The van der Waals surface area contributed by atoms with Gasteiger partial charge in [0.15, 0.2) is 0 Å². The van der Waals surface area contributed by atoms with Gasteiger partial charge in [0.2, 0.25) is 0 Å². The molecule has 4 nitrogen and oxygen atoms in total. The first kappa shape index (κ1) is 16.1. The summed E-state index contributed by atoms with van der Waals surface area (Å²) < 4.78 is 36.7. The number of amides is 1. The second-order valence-corrected chi connectivity index (χ2v) is 5.69. The van der Waals surface area contributed by atoms with Gasteiger partial charge in [0.1, 0.15) is 0 Å². The molecule has 0 saturated heterocycles. The van der Waals surface area contributed by atoms with Crippen molar-refractivity contribution in [3.63, 3.8) is 0 Å². The zero-order valence-corrected chi connectivity index (χ0v) is 11.3. The number of nitrogens with one attached hydrogen (secondary N) is 1. The summed E-state index contributed by atoms with van der Waals surface area (Å²) in [4.78, 5) is 21.5. The average Bonchev–Trinajstić information content (AvgIpc) is 2.54. The SMILES string of the molecule is O=C(O)CC(NC(=O)C(F)(F)F)c1cc(Cl)sc1Cl. The van der Waals surface area contributed by atoms with Crippen LogP contribution in [0.2, 0.25) is 8.67 Å². The zero-order valence-electron chi connectivity index (χ0n) is 8.92. The topological polar surface area (TPSA) is 66.4 Å². The largest absolute Gasteiger partial charge is 0.481 e. The Balaban J connectivity index is 2.99. The van der Waals surface area contributed by atoms with E-state index in [2.05, 4.69) is 0 Å². The lowest BCUT2D eigenvalue weighted by molar-refractivity contribution is -0.174. The maximum Gasteiger partial charge on any atom is 0.471 e. The molecule has 19 heavy (non-hydrogen) atoms. The summed E-state index contributed by atoms with van der Waals surface area (Å²) in [5.74, 6) is -3.62. The highest BCUT2D eigenvalue weighted by Crippen LogP contribution is 2.36. The molecule has 0 aliphatic heterocycles. The average molecular weight is 336 g/mol. The van der Waals surface area contributed by atoms with Gasteiger partial charge < -0.3 is 10.4 Å². The molecule has 1 rings (SSSR count). The summed E-state index contributed by atoms with van der Waals surface area (Å²) in [6.45, 7) is 0. The summed E-state index contributed by atoms with van der Waals surface area (Å²) >= 11 is 12.2. The molecule has 0 radical (unpaired) electrons. The second-order valence-electron chi connectivity index (χ2n) is 3.40. The predicted octanol–water partition coefficient (Wildman–Crippen LogP) is 3.25. The van der Waals surface area contributed by atoms with Gasteiger partial charge in [-0.2, -0.15) is 13.2 Å².